The minimum Gasteiger partial charge on any atom is -0.310 e. The summed E-state index contributed by atoms with van der Waals surface area (Å²) < 4.78 is 0. The van der Waals surface area contributed by atoms with E-state index in [0.717, 1.165) is 11.8 Å². The van der Waals surface area contributed by atoms with Gasteiger partial charge in [-0.05, 0) is 78.6 Å². The van der Waals surface area contributed by atoms with Crippen molar-refractivity contribution in [1.29, 1.82) is 0 Å². The first-order valence-electron chi connectivity index (χ1n) is 8.94. The summed E-state index contributed by atoms with van der Waals surface area (Å²) in [6.07, 6.45) is 4.13. The normalized spacial score (nSPS) is 20.8. The fourth-order valence-corrected chi connectivity index (χ4v) is 4.57. The summed E-state index contributed by atoms with van der Waals surface area (Å²) in [5.41, 5.74) is 6.91. The predicted molar refractivity (Wildman–Crippen MR) is 100 cm³/mol. The highest BCUT2D eigenvalue weighted by Gasteiger charge is 2.37. The van der Waals surface area contributed by atoms with E-state index >= 15 is 0 Å². The lowest BCUT2D eigenvalue weighted by Gasteiger charge is -2.27. The number of nitrogens with zero attached hydrogens (tertiary/aromatic N) is 1. The van der Waals surface area contributed by atoms with Crippen molar-refractivity contribution in [3.63, 3.8) is 0 Å². The van der Waals surface area contributed by atoms with E-state index in [0.29, 0.717) is 0 Å². The summed E-state index contributed by atoms with van der Waals surface area (Å²) in [6, 6.07) is 28.5. The Kier molecular flexibility index (Phi) is 3.19. The van der Waals surface area contributed by atoms with Crippen LogP contribution in [0.5, 0.6) is 0 Å². The fraction of sp³-hybridized carbons (Fsp3) is 0.217. The van der Waals surface area contributed by atoms with Crippen LogP contribution in [0, 0.1) is 0 Å². The Bertz CT molecular complexity index is 814. The third-order valence-corrected chi connectivity index (χ3v) is 5.67. The number of para-hydroxylation sites is 2. The van der Waals surface area contributed by atoms with Gasteiger partial charge in [0, 0.05) is 17.1 Å². The van der Waals surface area contributed by atoms with Gasteiger partial charge in [-0.2, -0.15) is 0 Å². The molecule has 2 bridgehead atoms. The molecule has 0 N–H and O–H groups in total. The predicted octanol–water partition coefficient (Wildman–Crippen LogP) is 6.52. The van der Waals surface area contributed by atoms with Gasteiger partial charge in [-0.25, -0.2) is 0 Å². The zero-order valence-corrected chi connectivity index (χ0v) is 13.7. The molecule has 0 radical (unpaired) electrons. The van der Waals surface area contributed by atoms with Crippen molar-refractivity contribution < 1.29 is 0 Å². The van der Waals surface area contributed by atoms with Crippen molar-refractivity contribution >= 4 is 17.1 Å². The van der Waals surface area contributed by atoms with Gasteiger partial charge in [-0.3, -0.25) is 0 Å². The highest BCUT2D eigenvalue weighted by molar-refractivity contribution is 5.77. The maximum atomic E-state index is 2.44. The molecule has 2 atom stereocenters. The van der Waals surface area contributed by atoms with E-state index in [4.69, 9.17) is 0 Å². The zero-order chi connectivity index (χ0) is 15.9. The Morgan fingerprint density at radius 1 is 0.583 bits per heavy atom. The van der Waals surface area contributed by atoms with Crippen LogP contribution in [0.1, 0.15) is 42.2 Å². The third kappa shape index (κ3) is 2.16. The molecule has 0 saturated heterocycles. The molecule has 0 aliphatic heterocycles. The van der Waals surface area contributed by atoms with E-state index in [1.165, 1.54) is 36.3 Å². The summed E-state index contributed by atoms with van der Waals surface area (Å²) in [7, 11) is 0. The van der Waals surface area contributed by atoms with Crippen molar-refractivity contribution in [3.05, 3.63) is 90.0 Å². The van der Waals surface area contributed by atoms with Crippen LogP contribution in [0.2, 0.25) is 0 Å². The SMILES string of the molecule is c1ccc(N(c2ccccc2)c2ccc3c(c2)C2CCC3C2)cc1. The molecule has 1 saturated carbocycles. The van der Waals surface area contributed by atoms with Crippen LogP contribution in [-0.2, 0) is 0 Å². The van der Waals surface area contributed by atoms with Crippen LogP contribution in [0.4, 0.5) is 17.1 Å². The topological polar surface area (TPSA) is 3.24 Å². The monoisotopic (exact) mass is 311 g/mol. The maximum Gasteiger partial charge on any atom is 0.0464 e. The van der Waals surface area contributed by atoms with E-state index in [9.17, 15) is 0 Å². The quantitative estimate of drug-likeness (QED) is 0.532. The van der Waals surface area contributed by atoms with Gasteiger partial charge in [0.1, 0.15) is 0 Å². The molecule has 1 heteroatoms. The average molecular weight is 311 g/mol. The summed E-state index contributed by atoms with van der Waals surface area (Å²) in [6.45, 7) is 0. The summed E-state index contributed by atoms with van der Waals surface area (Å²) in [5, 5.41) is 0. The molecule has 3 aromatic carbocycles. The second-order valence-electron chi connectivity index (χ2n) is 7.03. The largest absolute Gasteiger partial charge is 0.310 e. The molecule has 3 aromatic rings. The van der Waals surface area contributed by atoms with E-state index in [2.05, 4.69) is 83.8 Å². The van der Waals surface area contributed by atoms with Crippen LogP contribution in [0.15, 0.2) is 78.9 Å². The number of benzene rings is 3. The van der Waals surface area contributed by atoms with Crippen molar-refractivity contribution in [2.45, 2.75) is 31.1 Å². The number of anilines is 3. The number of fused-ring (bicyclic) bond motifs is 5. The molecule has 5 rings (SSSR count). The first-order chi connectivity index (χ1) is 11.9. The molecule has 24 heavy (non-hydrogen) atoms. The van der Waals surface area contributed by atoms with E-state index in [1.54, 1.807) is 11.1 Å². The second kappa shape index (κ2) is 5.52. The zero-order valence-electron chi connectivity index (χ0n) is 13.7. The summed E-state index contributed by atoms with van der Waals surface area (Å²) in [5.74, 6) is 1.61. The molecule has 2 aliphatic rings. The van der Waals surface area contributed by atoms with Gasteiger partial charge in [0.05, 0.1) is 0 Å². The van der Waals surface area contributed by atoms with E-state index < -0.39 is 0 Å². The van der Waals surface area contributed by atoms with Gasteiger partial charge in [0.2, 0.25) is 0 Å². The molecular weight excluding hydrogens is 290 g/mol. The Morgan fingerprint density at radius 3 is 1.79 bits per heavy atom. The van der Waals surface area contributed by atoms with Gasteiger partial charge in [0.15, 0.2) is 0 Å². The molecule has 1 fully saturated rings. The molecule has 1 nitrogen and oxygen atoms in total. The standard InChI is InChI=1S/C23H21N/c1-3-7-19(8-4-1)24(20-9-5-2-6-10-20)21-13-14-22-17-11-12-18(15-17)23(22)16-21/h1-10,13-14,16-18H,11-12,15H2. The van der Waals surface area contributed by atoms with Gasteiger partial charge in [-0.15, -0.1) is 0 Å². The minimum absolute atomic E-state index is 0.790. The molecule has 0 aromatic heterocycles. The Morgan fingerprint density at radius 2 is 1.17 bits per heavy atom. The van der Waals surface area contributed by atoms with Gasteiger partial charge in [-0.1, -0.05) is 42.5 Å². The van der Waals surface area contributed by atoms with E-state index in [1.807, 2.05) is 0 Å². The second-order valence-corrected chi connectivity index (χ2v) is 7.03. The lowest BCUT2D eigenvalue weighted by molar-refractivity contribution is 0.717. The minimum atomic E-state index is 0.790. The first-order valence-corrected chi connectivity index (χ1v) is 8.94. The number of rotatable bonds is 3. The molecule has 2 aliphatic carbocycles. The van der Waals surface area contributed by atoms with Crippen molar-refractivity contribution in [3.8, 4) is 0 Å². The van der Waals surface area contributed by atoms with Crippen molar-refractivity contribution in [1.82, 2.24) is 0 Å². The van der Waals surface area contributed by atoms with Crippen LogP contribution in [-0.4, -0.2) is 0 Å². The van der Waals surface area contributed by atoms with Crippen LogP contribution < -0.4 is 4.90 Å². The molecule has 0 amide bonds. The summed E-state index contributed by atoms with van der Waals surface area (Å²) >= 11 is 0. The van der Waals surface area contributed by atoms with Crippen LogP contribution >= 0.6 is 0 Å². The molecule has 0 heterocycles. The third-order valence-electron chi connectivity index (χ3n) is 5.67. The van der Waals surface area contributed by atoms with Crippen molar-refractivity contribution in [2.24, 2.45) is 0 Å². The van der Waals surface area contributed by atoms with Crippen LogP contribution in [0.25, 0.3) is 0 Å². The fourth-order valence-electron chi connectivity index (χ4n) is 4.57. The average Bonchev–Trinajstić information content (AvgIpc) is 3.26. The molecular formula is C23H21N. The Hall–Kier alpha value is -2.54. The lowest BCUT2D eigenvalue weighted by atomic mass is 9.91. The van der Waals surface area contributed by atoms with E-state index in [-0.39, 0.29) is 0 Å². The number of hydrogen-bond donors (Lipinski definition) is 0. The smallest absolute Gasteiger partial charge is 0.0464 e. The van der Waals surface area contributed by atoms with Gasteiger partial charge >= 0.3 is 0 Å². The van der Waals surface area contributed by atoms with Crippen LogP contribution in [0.3, 0.4) is 0 Å². The van der Waals surface area contributed by atoms with Gasteiger partial charge in [0.25, 0.3) is 0 Å². The lowest BCUT2D eigenvalue weighted by Crippen LogP contribution is -2.11. The molecule has 118 valence electrons. The molecule has 0 spiro atoms. The number of hydrogen-bond acceptors (Lipinski definition) is 1. The Labute approximate surface area is 143 Å². The summed E-state index contributed by atoms with van der Waals surface area (Å²) in [4.78, 5) is 2.37. The highest BCUT2D eigenvalue weighted by atomic mass is 15.1. The Balaban J connectivity index is 1.64. The van der Waals surface area contributed by atoms with Gasteiger partial charge < -0.3 is 4.90 Å². The molecule has 2 unspecified atom stereocenters. The maximum absolute atomic E-state index is 2.44. The highest BCUT2D eigenvalue weighted by Crippen LogP contribution is 2.54. The van der Waals surface area contributed by atoms with Crippen molar-refractivity contribution in [2.75, 3.05) is 4.90 Å². The first kappa shape index (κ1) is 13.9.